The molecule has 0 saturated carbocycles. The topological polar surface area (TPSA) is 84.2 Å². The number of nitrogens with two attached hydrogens (primary N) is 1. The van der Waals surface area contributed by atoms with E-state index < -0.39 is 0 Å². The van der Waals surface area contributed by atoms with Crippen molar-refractivity contribution in [2.75, 3.05) is 18.4 Å². The molecule has 1 saturated heterocycles. The zero-order valence-corrected chi connectivity index (χ0v) is 12.7. The van der Waals surface area contributed by atoms with Gasteiger partial charge in [-0.3, -0.25) is 9.59 Å². The minimum Gasteiger partial charge on any atom is -0.369 e. The van der Waals surface area contributed by atoms with Gasteiger partial charge in [-0.2, -0.15) is 0 Å². The summed E-state index contributed by atoms with van der Waals surface area (Å²) < 4.78 is 0. The third-order valence-electron chi connectivity index (χ3n) is 3.55. The first-order valence-corrected chi connectivity index (χ1v) is 7.01. The fourth-order valence-corrected chi connectivity index (χ4v) is 2.47. The molecule has 0 spiro atoms. The van der Waals surface area contributed by atoms with Gasteiger partial charge >= 0.3 is 0 Å². The van der Waals surface area contributed by atoms with Crippen molar-refractivity contribution in [2.45, 2.75) is 25.7 Å². The van der Waals surface area contributed by atoms with Crippen LogP contribution in [0.5, 0.6) is 0 Å². The molecule has 1 fully saturated rings. The molecule has 1 heterocycles. The minimum absolute atomic E-state index is 0. The predicted molar refractivity (Wildman–Crippen MR) is 85.4 cm³/mol. The van der Waals surface area contributed by atoms with E-state index in [9.17, 15) is 9.59 Å². The van der Waals surface area contributed by atoms with Crippen molar-refractivity contribution >= 4 is 29.9 Å². The van der Waals surface area contributed by atoms with Gasteiger partial charge in [-0.15, -0.1) is 12.4 Å². The van der Waals surface area contributed by atoms with Crippen LogP contribution in [0.4, 0.5) is 5.69 Å². The lowest BCUT2D eigenvalue weighted by Crippen LogP contribution is -2.30. The Balaban J connectivity index is 0.00000220. The van der Waals surface area contributed by atoms with Gasteiger partial charge in [-0.25, -0.2) is 0 Å². The van der Waals surface area contributed by atoms with Crippen LogP contribution < -0.4 is 16.4 Å². The number of rotatable bonds is 5. The third kappa shape index (κ3) is 6.14. The highest BCUT2D eigenvalue weighted by Gasteiger charge is 2.16. The van der Waals surface area contributed by atoms with E-state index >= 15 is 0 Å². The van der Waals surface area contributed by atoms with Crippen LogP contribution in [-0.4, -0.2) is 24.9 Å². The van der Waals surface area contributed by atoms with Crippen LogP contribution in [0.1, 0.15) is 24.8 Å². The molecule has 2 rings (SSSR count). The fraction of sp³-hybridized carbons (Fsp3) is 0.467. The molecule has 1 aromatic rings. The Bertz CT molecular complexity index is 470. The molecule has 0 aromatic heterocycles. The van der Waals surface area contributed by atoms with Crippen molar-refractivity contribution in [1.29, 1.82) is 0 Å². The first-order valence-electron chi connectivity index (χ1n) is 7.01. The maximum Gasteiger partial charge on any atom is 0.224 e. The molecule has 0 atom stereocenters. The average molecular weight is 312 g/mol. The Hall–Kier alpha value is -1.59. The average Bonchev–Trinajstić information content (AvgIpc) is 2.41. The number of hydrogen-bond acceptors (Lipinski definition) is 3. The van der Waals surface area contributed by atoms with Crippen molar-refractivity contribution in [1.82, 2.24) is 5.32 Å². The Morgan fingerprint density at radius 2 is 1.81 bits per heavy atom. The summed E-state index contributed by atoms with van der Waals surface area (Å²) in [6, 6.07) is 7.23. The fourth-order valence-electron chi connectivity index (χ4n) is 2.47. The number of benzene rings is 1. The lowest BCUT2D eigenvalue weighted by Gasteiger charge is -2.21. The van der Waals surface area contributed by atoms with Gasteiger partial charge in [0.2, 0.25) is 11.8 Å². The lowest BCUT2D eigenvalue weighted by atomic mass is 9.94. The molecular weight excluding hydrogens is 290 g/mol. The summed E-state index contributed by atoms with van der Waals surface area (Å²) in [5.41, 5.74) is 6.75. The molecule has 21 heavy (non-hydrogen) atoms. The van der Waals surface area contributed by atoms with Gasteiger partial charge in [0.25, 0.3) is 0 Å². The van der Waals surface area contributed by atoms with Crippen molar-refractivity contribution in [3.63, 3.8) is 0 Å². The second kappa shape index (κ2) is 8.64. The summed E-state index contributed by atoms with van der Waals surface area (Å²) in [5.74, 6) is 0.178. The zero-order valence-electron chi connectivity index (χ0n) is 11.9. The molecule has 1 aliphatic rings. The minimum atomic E-state index is -0.354. The standard InChI is InChI=1S/C15H21N3O2.ClH/c16-14(19)9-11-1-3-13(4-2-11)18-15(20)10-12-5-7-17-8-6-12;/h1-4,12,17H,5-10H2,(H2,16,19)(H,18,20);1H. The van der Waals surface area contributed by atoms with Crippen LogP contribution in [-0.2, 0) is 16.0 Å². The lowest BCUT2D eigenvalue weighted by molar-refractivity contribution is -0.118. The zero-order chi connectivity index (χ0) is 14.4. The molecule has 4 N–H and O–H groups in total. The number of anilines is 1. The maximum atomic E-state index is 11.9. The Morgan fingerprint density at radius 3 is 2.38 bits per heavy atom. The van der Waals surface area contributed by atoms with Gasteiger partial charge in [0.05, 0.1) is 6.42 Å². The smallest absolute Gasteiger partial charge is 0.224 e. The van der Waals surface area contributed by atoms with Gasteiger partial charge in [0.1, 0.15) is 0 Å². The van der Waals surface area contributed by atoms with E-state index in [0.29, 0.717) is 12.3 Å². The van der Waals surface area contributed by atoms with Gasteiger partial charge in [-0.05, 0) is 49.5 Å². The largest absolute Gasteiger partial charge is 0.369 e. The summed E-state index contributed by atoms with van der Waals surface area (Å²) in [4.78, 5) is 22.7. The Morgan fingerprint density at radius 1 is 1.19 bits per heavy atom. The summed E-state index contributed by atoms with van der Waals surface area (Å²) >= 11 is 0. The summed E-state index contributed by atoms with van der Waals surface area (Å²) in [6.07, 6.45) is 2.92. The monoisotopic (exact) mass is 311 g/mol. The van der Waals surface area contributed by atoms with E-state index in [2.05, 4.69) is 10.6 Å². The molecule has 0 bridgehead atoms. The molecule has 1 aromatic carbocycles. The highest BCUT2D eigenvalue weighted by Crippen LogP contribution is 2.17. The summed E-state index contributed by atoms with van der Waals surface area (Å²) in [6.45, 7) is 2.00. The predicted octanol–water partition coefficient (Wildman–Crippen LogP) is 1.46. The van der Waals surface area contributed by atoms with E-state index in [4.69, 9.17) is 5.73 Å². The van der Waals surface area contributed by atoms with Crippen LogP contribution in [0.3, 0.4) is 0 Å². The maximum absolute atomic E-state index is 11.9. The second-order valence-electron chi connectivity index (χ2n) is 5.29. The van der Waals surface area contributed by atoms with Crippen molar-refractivity contribution < 1.29 is 9.59 Å². The van der Waals surface area contributed by atoms with E-state index in [1.165, 1.54) is 0 Å². The van der Waals surface area contributed by atoms with Crippen molar-refractivity contribution in [2.24, 2.45) is 11.7 Å². The van der Waals surface area contributed by atoms with Crippen LogP contribution in [0, 0.1) is 5.92 Å². The van der Waals surface area contributed by atoms with Crippen LogP contribution in [0.15, 0.2) is 24.3 Å². The van der Waals surface area contributed by atoms with Gasteiger partial charge in [0, 0.05) is 12.1 Å². The quantitative estimate of drug-likeness (QED) is 0.770. The van der Waals surface area contributed by atoms with Crippen LogP contribution in [0.25, 0.3) is 0 Å². The van der Waals surface area contributed by atoms with Crippen molar-refractivity contribution in [3.05, 3.63) is 29.8 Å². The van der Waals surface area contributed by atoms with E-state index in [1.54, 1.807) is 12.1 Å². The molecule has 2 amide bonds. The SMILES string of the molecule is Cl.NC(=O)Cc1ccc(NC(=O)CC2CCNCC2)cc1. The van der Waals surface area contributed by atoms with E-state index in [-0.39, 0.29) is 30.6 Å². The Labute approximate surface area is 131 Å². The highest BCUT2D eigenvalue weighted by molar-refractivity contribution is 5.90. The second-order valence-corrected chi connectivity index (χ2v) is 5.29. The number of amides is 2. The molecular formula is C15H22ClN3O2. The number of nitrogens with one attached hydrogen (secondary N) is 2. The van der Waals surface area contributed by atoms with E-state index in [1.807, 2.05) is 12.1 Å². The van der Waals surface area contributed by atoms with Crippen molar-refractivity contribution in [3.8, 4) is 0 Å². The molecule has 0 aliphatic carbocycles. The highest BCUT2D eigenvalue weighted by atomic mass is 35.5. The van der Waals surface area contributed by atoms with Gasteiger partial charge in [0.15, 0.2) is 0 Å². The third-order valence-corrected chi connectivity index (χ3v) is 3.55. The van der Waals surface area contributed by atoms with E-state index in [0.717, 1.165) is 37.2 Å². The van der Waals surface area contributed by atoms with Gasteiger partial charge in [-0.1, -0.05) is 12.1 Å². The van der Waals surface area contributed by atoms with Crippen LogP contribution >= 0.6 is 12.4 Å². The number of carbonyl (C=O) groups is 2. The molecule has 1 aliphatic heterocycles. The number of carbonyl (C=O) groups excluding carboxylic acids is 2. The number of halogens is 1. The molecule has 6 heteroatoms. The molecule has 0 radical (unpaired) electrons. The van der Waals surface area contributed by atoms with Gasteiger partial charge < -0.3 is 16.4 Å². The molecule has 116 valence electrons. The normalized spacial score (nSPS) is 15.0. The molecule has 0 unspecified atom stereocenters. The number of primary amides is 1. The first kappa shape index (κ1) is 17.5. The molecule has 5 nitrogen and oxygen atoms in total. The number of piperidine rings is 1. The number of hydrogen-bond donors (Lipinski definition) is 3. The summed E-state index contributed by atoms with van der Waals surface area (Å²) in [5, 5.41) is 6.18. The first-order chi connectivity index (χ1) is 9.63. The van der Waals surface area contributed by atoms with Crippen LogP contribution in [0.2, 0.25) is 0 Å². The summed E-state index contributed by atoms with van der Waals surface area (Å²) in [7, 11) is 0. The Kier molecular flexibility index (Phi) is 7.19.